The Bertz CT molecular complexity index is 222. The molecular weight excluding hydrogens is 254 g/mol. The zero-order chi connectivity index (χ0) is 15.4. The van der Waals surface area contributed by atoms with E-state index in [0.717, 1.165) is 6.04 Å². The van der Waals surface area contributed by atoms with E-state index >= 15 is 0 Å². The molecule has 0 heterocycles. The number of nitrogens with zero attached hydrogens (tertiary/aromatic N) is 1. The second-order valence-corrected chi connectivity index (χ2v) is 7.98. The van der Waals surface area contributed by atoms with E-state index in [2.05, 4.69) is 21.0 Å². The van der Waals surface area contributed by atoms with Crippen molar-refractivity contribution in [2.45, 2.75) is 109 Å². The Morgan fingerprint density at radius 1 is 0.667 bits per heavy atom. The fourth-order valence-electron chi connectivity index (χ4n) is 3.97. The summed E-state index contributed by atoms with van der Waals surface area (Å²) < 4.78 is 1.28. The lowest BCUT2D eigenvalue weighted by atomic mass is 9.95. The van der Waals surface area contributed by atoms with Crippen molar-refractivity contribution in [3.63, 3.8) is 0 Å². The van der Waals surface area contributed by atoms with Crippen LogP contribution in [0.2, 0.25) is 0 Å². The molecule has 0 N–H and O–H groups in total. The van der Waals surface area contributed by atoms with Gasteiger partial charge in [0.2, 0.25) is 0 Å². The quantitative estimate of drug-likeness (QED) is 0.397. The van der Waals surface area contributed by atoms with E-state index in [-0.39, 0.29) is 0 Å². The minimum atomic E-state index is 0.922. The van der Waals surface area contributed by atoms with Crippen LogP contribution in [0, 0.1) is 0 Å². The second kappa shape index (κ2) is 11.5. The first-order chi connectivity index (χ1) is 10.2. The van der Waals surface area contributed by atoms with Gasteiger partial charge in [0.25, 0.3) is 0 Å². The third-order valence-corrected chi connectivity index (χ3v) is 5.65. The van der Waals surface area contributed by atoms with Crippen LogP contribution in [0.25, 0.3) is 0 Å². The maximum atomic E-state index is 2.50. The average Bonchev–Trinajstić information content (AvgIpc) is 2.44. The van der Waals surface area contributed by atoms with Crippen molar-refractivity contribution >= 4 is 0 Å². The predicted octanol–water partition coefficient (Wildman–Crippen LogP) is 6.32. The van der Waals surface area contributed by atoms with E-state index in [0.29, 0.717) is 0 Å². The summed E-state index contributed by atoms with van der Waals surface area (Å²) in [6.45, 7) is 3.71. The van der Waals surface area contributed by atoms with Crippen LogP contribution in [0.15, 0.2) is 0 Å². The van der Waals surface area contributed by atoms with Gasteiger partial charge in [0.1, 0.15) is 0 Å². The maximum absolute atomic E-state index is 2.50. The highest BCUT2D eigenvalue weighted by molar-refractivity contribution is 4.62. The lowest BCUT2D eigenvalue weighted by Crippen LogP contribution is -2.49. The molecule has 0 saturated heterocycles. The van der Waals surface area contributed by atoms with Gasteiger partial charge >= 0.3 is 0 Å². The summed E-state index contributed by atoms with van der Waals surface area (Å²) in [7, 11) is 5.00. The van der Waals surface area contributed by atoms with Gasteiger partial charge in [0.05, 0.1) is 26.7 Å². The van der Waals surface area contributed by atoms with Gasteiger partial charge in [-0.3, -0.25) is 0 Å². The van der Waals surface area contributed by atoms with E-state index in [4.69, 9.17) is 0 Å². The topological polar surface area (TPSA) is 0 Å². The van der Waals surface area contributed by atoms with Gasteiger partial charge in [-0.1, -0.05) is 64.7 Å². The Labute approximate surface area is 135 Å². The number of unbranched alkanes of at least 4 members (excludes halogenated alkanes) is 3. The van der Waals surface area contributed by atoms with Crippen LogP contribution < -0.4 is 0 Å². The van der Waals surface area contributed by atoms with Crippen LogP contribution in [0.4, 0.5) is 0 Å². The van der Waals surface area contributed by atoms with E-state index in [9.17, 15) is 0 Å². The van der Waals surface area contributed by atoms with Crippen molar-refractivity contribution in [2.24, 2.45) is 0 Å². The molecule has 0 aliphatic heterocycles. The Kier molecular flexibility index (Phi) is 10.4. The van der Waals surface area contributed by atoms with Gasteiger partial charge in [0.15, 0.2) is 0 Å². The molecular formula is C20H42N+. The van der Waals surface area contributed by atoms with Gasteiger partial charge in [-0.15, -0.1) is 0 Å². The molecule has 0 aromatic rings. The summed E-state index contributed by atoms with van der Waals surface area (Å²) in [6, 6.07) is 0.922. The van der Waals surface area contributed by atoms with Gasteiger partial charge < -0.3 is 4.48 Å². The van der Waals surface area contributed by atoms with Crippen LogP contribution >= 0.6 is 0 Å². The molecule has 1 nitrogen and oxygen atoms in total. The second-order valence-electron chi connectivity index (χ2n) is 7.98. The highest BCUT2D eigenvalue weighted by atomic mass is 15.3. The van der Waals surface area contributed by atoms with Gasteiger partial charge in [-0.25, -0.2) is 0 Å². The van der Waals surface area contributed by atoms with Crippen molar-refractivity contribution < 1.29 is 4.48 Å². The number of rotatable bonds is 6. The first-order valence-corrected chi connectivity index (χ1v) is 9.99. The highest BCUT2D eigenvalue weighted by Crippen LogP contribution is 2.24. The van der Waals surface area contributed by atoms with Crippen LogP contribution in [0.1, 0.15) is 103 Å². The summed E-state index contributed by atoms with van der Waals surface area (Å²) in [5.74, 6) is 0. The normalized spacial score (nSPS) is 20.7. The zero-order valence-corrected chi connectivity index (χ0v) is 15.3. The molecule has 1 heteroatoms. The third-order valence-electron chi connectivity index (χ3n) is 5.65. The van der Waals surface area contributed by atoms with Crippen molar-refractivity contribution in [3.05, 3.63) is 0 Å². The van der Waals surface area contributed by atoms with Gasteiger partial charge in [-0.2, -0.15) is 0 Å². The van der Waals surface area contributed by atoms with E-state index in [1.54, 1.807) is 0 Å². The molecule has 0 aromatic carbocycles. The van der Waals surface area contributed by atoms with E-state index in [1.165, 1.54) is 107 Å². The lowest BCUT2D eigenvalue weighted by molar-refractivity contribution is -0.916. The molecule has 1 aliphatic carbocycles. The van der Waals surface area contributed by atoms with Gasteiger partial charge in [-0.05, 0) is 38.5 Å². The molecule has 1 rings (SSSR count). The molecule has 1 aliphatic rings. The van der Waals surface area contributed by atoms with Crippen LogP contribution in [-0.2, 0) is 0 Å². The Morgan fingerprint density at radius 3 is 1.62 bits per heavy atom. The van der Waals surface area contributed by atoms with Crippen molar-refractivity contribution in [2.75, 3.05) is 20.6 Å². The first kappa shape index (κ1) is 19.0. The largest absolute Gasteiger partial charge is 0.326 e. The Hall–Kier alpha value is -0.0400. The molecule has 1 saturated carbocycles. The first-order valence-electron chi connectivity index (χ1n) is 9.99. The summed E-state index contributed by atoms with van der Waals surface area (Å²) in [6.07, 6.45) is 21.9. The van der Waals surface area contributed by atoms with Crippen LogP contribution in [0.5, 0.6) is 0 Å². The highest BCUT2D eigenvalue weighted by Gasteiger charge is 2.26. The molecule has 0 unspecified atom stereocenters. The third kappa shape index (κ3) is 8.86. The zero-order valence-electron chi connectivity index (χ0n) is 15.3. The Morgan fingerprint density at radius 2 is 1.14 bits per heavy atom. The van der Waals surface area contributed by atoms with E-state index < -0.39 is 0 Å². The molecule has 0 aromatic heterocycles. The van der Waals surface area contributed by atoms with Crippen LogP contribution in [-0.4, -0.2) is 31.2 Å². The average molecular weight is 297 g/mol. The van der Waals surface area contributed by atoms with Crippen molar-refractivity contribution in [1.82, 2.24) is 0 Å². The predicted molar refractivity (Wildman–Crippen MR) is 95.7 cm³/mol. The molecule has 0 bridgehead atoms. The SMILES string of the molecule is CCCCCC[N+](C)(C)C1CCCCCCCCCCC1. The lowest BCUT2D eigenvalue weighted by Gasteiger charge is -2.39. The van der Waals surface area contributed by atoms with Gasteiger partial charge in [0, 0.05) is 0 Å². The summed E-state index contributed by atoms with van der Waals surface area (Å²) in [5, 5.41) is 0. The monoisotopic (exact) mass is 296 g/mol. The Balaban J connectivity index is 2.40. The number of hydrogen-bond donors (Lipinski definition) is 0. The fourth-order valence-corrected chi connectivity index (χ4v) is 3.97. The molecule has 0 spiro atoms. The molecule has 0 radical (unpaired) electrons. The standard InChI is InChI=1S/C20H42N/c1-4-5-6-16-19-21(2,3)20-17-14-12-10-8-7-9-11-13-15-18-20/h20H,4-19H2,1-3H3/q+1. The number of hydrogen-bond acceptors (Lipinski definition) is 0. The molecule has 0 atom stereocenters. The van der Waals surface area contributed by atoms with Crippen LogP contribution in [0.3, 0.4) is 0 Å². The summed E-state index contributed by atoms with van der Waals surface area (Å²) in [4.78, 5) is 0. The minimum Gasteiger partial charge on any atom is -0.326 e. The number of quaternary nitrogens is 1. The van der Waals surface area contributed by atoms with Crippen molar-refractivity contribution in [3.8, 4) is 0 Å². The molecule has 0 amide bonds. The summed E-state index contributed by atoms with van der Waals surface area (Å²) in [5.41, 5.74) is 0. The summed E-state index contributed by atoms with van der Waals surface area (Å²) >= 11 is 0. The maximum Gasteiger partial charge on any atom is 0.0886 e. The molecule has 21 heavy (non-hydrogen) atoms. The molecule has 1 fully saturated rings. The molecule has 126 valence electrons. The smallest absolute Gasteiger partial charge is 0.0886 e. The van der Waals surface area contributed by atoms with E-state index in [1.807, 2.05) is 0 Å². The van der Waals surface area contributed by atoms with Crippen molar-refractivity contribution in [1.29, 1.82) is 0 Å². The fraction of sp³-hybridized carbons (Fsp3) is 1.00. The minimum absolute atomic E-state index is 0.922.